The van der Waals surface area contributed by atoms with Gasteiger partial charge in [-0.2, -0.15) is 0 Å². The summed E-state index contributed by atoms with van der Waals surface area (Å²) < 4.78 is 0. The summed E-state index contributed by atoms with van der Waals surface area (Å²) >= 11 is 5.09. The molecule has 20 heavy (non-hydrogen) atoms. The highest BCUT2D eigenvalue weighted by Gasteiger charge is 2.24. The van der Waals surface area contributed by atoms with Crippen LogP contribution in [0, 0.1) is 0 Å². The number of nitrogens with zero attached hydrogens (tertiary/aromatic N) is 1. The minimum atomic E-state index is -0.287. The van der Waals surface area contributed by atoms with Gasteiger partial charge < -0.3 is 11.5 Å². The molecule has 0 aliphatic heterocycles. The number of carbonyl (C=O) groups excluding carboxylic acids is 1. The van der Waals surface area contributed by atoms with Crippen LogP contribution in [0.4, 0.5) is 0 Å². The zero-order chi connectivity index (χ0) is 14.5. The molecule has 0 radical (unpaired) electrons. The number of primary amides is 1. The maximum absolute atomic E-state index is 11.3. The SMILES string of the molecule is NC(=O)CN(Cc1ccccc1C(N)=S)C1CCCC1. The lowest BCUT2D eigenvalue weighted by Gasteiger charge is -2.28. The molecule has 0 unspecified atom stereocenters. The predicted octanol–water partition coefficient (Wildman–Crippen LogP) is 1.55. The van der Waals surface area contributed by atoms with Gasteiger partial charge in [0.25, 0.3) is 0 Å². The van der Waals surface area contributed by atoms with Gasteiger partial charge in [-0.25, -0.2) is 0 Å². The number of rotatable bonds is 6. The number of benzene rings is 1. The second-order valence-electron chi connectivity index (χ2n) is 5.33. The normalized spacial score (nSPS) is 15.7. The molecule has 0 spiro atoms. The summed E-state index contributed by atoms with van der Waals surface area (Å²) in [7, 11) is 0. The van der Waals surface area contributed by atoms with Crippen molar-refractivity contribution in [1.29, 1.82) is 0 Å². The largest absolute Gasteiger partial charge is 0.389 e. The molecule has 1 aromatic rings. The highest BCUT2D eigenvalue weighted by atomic mass is 32.1. The summed E-state index contributed by atoms with van der Waals surface area (Å²) in [6, 6.07) is 8.26. The highest BCUT2D eigenvalue weighted by Crippen LogP contribution is 2.25. The number of hydrogen-bond acceptors (Lipinski definition) is 3. The van der Waals surface area contributed by atoms with E-state index in [4.69, 9.17) is 23.7 Å². The lowest BCUT2D eigenvalue weighted by Crippen LogP contribution is -2.39. The average Bonchev–Trinajstić information content (AvgIpc) is 2.91. The maximum Gasteiger partial charge on any atom is 0.231 e. The van der Waals surface area contributed by atoms with Gasteiger partial charge in [-0.15, -0.1) is 0 Å². The number of thiocarbonyl (C=S) groups is 1. The summed E-state index contributed by atoms with van der Waals surface area (Å²) in [5.74, 6) is -0.287. The first-order valence-electron chi connectivity index (χ1n) is 6.98. The quantitative estimate of drug-likeness (QED) is 0.780. The Morgan fingerprint density at radius 3 is 2.50 bits per heavy atom. The van der Waals surface area contributed by atoms with Crippen molar-refractivity contribution in [3.05, 3.63) is 35.4 Å². The molecule has 1 aliphatic rings. The van der Waals surface area contributed by atoms with Crippen molar-refractivity contribution >= 4 is 23.1 Å². The molecular weight excluding hydrogens is 270 g/mol. The second-order valence-corrected chi connectivity index (χ2v) is 5.77. The van der Waals surface area contributed by atoms with E-state index in [0.29, 0.717) is 17.6 Å². The van der Waals surface area contributed by atoms with Gasteiger partial charge in [0.1, 0.15) is 4.99 Å². The molecule has 5 heteroatoms. The first kappa shape index (κ1) is 14.9. The maximum atomic E-state index is 11.3. The van der Waals surface area contributed by atoms with Gasteiger partial charge in [-0.05, 0) is 18.4 Å². The summed E-state index contributed by atoms with van der Waals surface area (Å²) in [5.41, 5.74) is 13.1. The van der Waals surface area contributed by atoms with Crippen LogP contribution in [0.2, 0.25) is 0 Å². The third kappa shape index (κ3) is 3.77. The van der Waals surface area contributed by atoms with Gasteiger partial charge in [0, 0.05) is 18.2 Å². The van der Waals surface area contributed by atoms with Crippen molar-refractivity contribution in [1.82, 2.24) is 4.90 Å². The zero-order valence-corrected chi connectivity index (χ0v) is 12.4. The molecule has 0 saturated heterocycles. The fourth-order valence-corrected chi connectivity index (χ4v) is 3.10. The lowest BCUT2D eigenvalue weighted by atomic mass is 10.1. The molecule has 1 saturated carbocycles. The van der Waals surface area contributed by atoms with Crippen LogP contribution in [0.15, 0.2) is 24.3 Å². The third-order valence-electron chi connectivity index (χ3n) is 3.86. The van der Waals surface area contributed by atoms with Crippen LogP contribution < -0.4 is 11.5 Å². The molecule has 4 nitrogen and oxygen atoms in total. The third-order valence-corrected chi connectivity index (χ3v) is 4.08. The predicted molar refractivity (Wildman–Crippen MR) is 84.2 cm³/mol. The Kier molecular flexibility index (Phi) is 5.09. The smallest absolute Gasteiger partial charge is 0.231 e. The van der Waals surface area contributed by atoms with Gasteiger partial charge in [0.2, 0.25) is 5.91 Å². The first-order valence-corrected chi connectivity index (χ1v) is 7.39. The van der Waals surface area contributed by atoms with E-state index in [2.05, 4.69) is 4.90 Å². The van der Waals surface area contributed by atoms with Crippen LogP contribution >= 0.6 is 12.2 Å². The van der Waals surface area contributed by atoms with Crippen molar-refractivity contribution in [2.45, 2.75) is 38.3 Å². The van der Waals surface area contributed by atoms with E-state index < -0.39 is 0 Å². The second kappa shape index (κ2) is 6.81. The van der Waals surface area contributed by atoms with Gasteiger partial charge in [0.15, 0.2) is 0 Å². The Balaban J connectivity index is 2.18. The number of carbonyl (C=O) groups is 1. The molecule has 1 aromatic carbocycles. The number of nitrogens with two attached hydrogens (primary N) is 2. The van der Waals surface area contributed by atoms with Crippen molar-refractivity contribution in [2.75, 3.05) is 6.54 Å². The minimum absolute atomic E-state index is 0.287. The fourth-order valence-electron chi connectivity index (χ4n) is 2.90. The summed E-state index contributed by atoms with van der Waals surface area (Å²) in [4.78, 5) is 13.9. The molecule has 2 rings (SSSR count). The van der Waals surface area contributed by atoms with Crippen molar-refractivity contribution in [3.8, 4) is 0 Å². The molecule has 1 fully saturated rings. The molecule has 0 heterocycles. The molecule has 1 amide bonds. The Morgan fingerprint density at radius 1 is 1.25 bits per heavy atom. The highest BCUT2D eigenvalue weighted by molar-refractivity contribution is 7.80. The van der Waals surface area contributed by atoms with Crippen LogP contribution in [0.25, 0.3) is 0 Å². The first-order chi connectivity index (χ1) is 9.58. The van der Waals surface area contributed by atoms with Gasteiger partial charge in [-0.3, -0.25) is 9.69 Å². The van der Waals surface area contributed by atoms with Gasteiger partial charge in [-0.1, -0.05) is 49.3 Å². The monoisotopic (exact) mass is 291 g/mol. The van der Waals surface area contributed by atoms with Gasteiger partial charge >= 0.3 is 0 Å². The molecule has 0 aromatic heterocycles. The Labute approximate surface area is 125 Å². The number of hydrogen-bond donors (Lipinski definition) is 2. The summed E-state index contributed by atoms with van der Waals surface area (Å²) in [5, 5.41) is 0. The summed E-state index contributed by atoms with van der Waals surface area (Å²) in [6.45, 7) is 0.956. The molecule has 0 bridgehead atoms. The minimum Gasteiger partial charge on any atom is -0.389 e. The van der Waals surface area contributed by atoms with Crippen LogP contribution in [0.5, 0.6) is 0 Å². The zero-order valence-electron chi connectivity index (χ0n) is 11.5. The van der Waals surface area contributed by atoms with Crippen LogP contribution in [-0.4, -0.2) is 28.4 Å². The number of amides is 1. The van der Waals surface area contributed by atoms with Crippen LogP contribution in [0.3, 0.4) is 0 Å². The van der Waals surface area contributed by atoms with Crippen molar-refractivity contribution in [3.63, 3.8) is 0 Å². The van der Waals surface area contributed by atoms with Crippen molar-refractivity contribution < 1.29 is 4.79 Å². The van der Waals surface area contributed by atoms with E-state index >= 15 is 0 Å². The van der Waals surface area contributed by atoms with E-state index in [0.717, 1.165) is 24.0 Å². The molecular formula is C15H21N3OS. The molecule has 1 aliphatic carbocycles. The summed E-state index contributed by atoms with van der Waals surface area (Å²) in [6.07, 6.45) is 4.69. The average molecular weight is 291 g/mol. The van der Waals surface area contributed by atoms with Crippen LogP contribution in [0.1, 0.15) is 36.8 Å². The topological polar surface area (TPSA) is 72.4 Å². The van der Waals surface area contributed by atoms with E-state index in [1.54, 1.807) is 0 Å². The lowest BCUT2D eigenvalue weighted by molar-refractivity contribution is -0.119. The fraction of sp³-hybridized carbons (Fsp3) is 0.467. The molecule has 108 valence electrons. The molecule has 0 atom stereocenters. The van der Waals surface area contributed by atoms with E-state index in [1.165, 1.54) is 12.8 Å². The molecule has 4 N–H and O–H groups in total. The Bertz CT molecular complexity index is 498. The Hall–Kier alpha value is -1.46. The van der Waals surface area contributed by atoms with Crippen LogP contribution in [-0.2, 0) is 11.3 Å². The Morgan fingerprint density at radius 2 is 1.90 bits per heavy atom. The van der Waals surface area contributed by atoms with E-state index in [-0.39, 0.29) is 12.5 Å². The van der Waals surface area contributed by atoms with E-state index in [1.807, 2.05) is 24.3 Å². The van der Waals surface area contributed by atoms with Crippen molar-refractivity contribution in [2.24, 2.45) is 11.5 Å². The van der Waals surface area contributed by atoms with E-state index in [9.17, 15) is 4.79 Å². The standard InChI is InChI=1S/C15H21N3OS/c16-14(19)10-18(12-6-2-3-7-12)9-11-5-1-4-8-13(11)15(17)20/h1,4-5,8,12H,2-3,6-7,9-10H2,(H2,16,19)(H2,17,20). The van der Waals surface area contributed by atoms with Gasteiger partial charge in [0.05, 0.1) is 6.54 Å².